The number of rotatable bonds is 6. The van der Waals surface area contributed by atoms with E-state index in [-0.39, 0.29) is 36.6 Å². The van der Waals surface area contributed by atoms with Crippen LogP contribution in [0.2, 0.25) is 0 Å². The van der Waals surface area contributed by atoms with E-state index in [0.29, 0.717) is 22.9 Å². The molecule has 0 aliphatic carbocycles. The fraction of sp³-hybridized carbons (Fsp3) is 0.414. The highest BCUT2D eigenvalue weighted by Crippen LogP contribution is 2.39. The van der Waals surface area contributed by atoms with Crippen molar-refractivity contribution in [2.24, 2.45) is 0 Å². The summed E-state index contributed by atoms with van der Waals surface area (Å²) in [7, 11) is 0. The highest BCUT2D eigenvalue weighted by molar-refractivity contribution is 5.87. The van der Waals surface area contributed by atoms with E-state index in [0.717, 1.165) is 5.56 Å². The van der Waals surface area contributed by atoms with Gasteiger partial charge in [0.05, 0.1) is 6.61 Å². The summed E-state index contributed by atoms with van der Waals surface area (Å²) in [4.78, 5) is 40.4. The minimum atomic E-state index is -0.937. The molecule has 0 unspecified atom stereocenters. The van der Waals surface area contributed by atoms with Crippen LogP contribution >= 0.6 is 0 Å². The molecule has 1 aliphatic heterocycles. The van der Waals surface area contributed by atoms with Crippen LogP contribution in [-0.4, -0.2) is 49.8 Å². The zero-order chi connectivity index (χ0) is 29.5. The van der Waals surface area contributed by atoms with Crippen LogP contribution in [0.15, 0.2) is 49.8 Å². The van der Waals surface area contributed by atoms with Gasteiger partial charge in [0.1, 0.15) is 41.8 Å². The van der Waals surface area contributed by atoms with Gasteiger partial charge in [0, 0.05) is 0 Å². The summed E-state index contributed by atoms with van der Waals surface area (Å²) in [6.07, 6.45) is 0.668. The Balaban J connectivity index is 1.35. The van der Waals surface area contributed by atoms with Crippen LogP contribution < -0.4 is 0 Å². The number of amides is 1. The predicted octanol–water partition coefficient (Wildman–Crippen LogP) is 6.00. The van der Waals surface area contributed by atoms with Gasteiger partial charge in [-0.25, -0.2) is 24.5 Å². The molecule has 0 spiro atoms. The van der Waals surface area contributed by atoms with Crippen molar-refractivity contribution in [1.82, 2.24) is 19.9 Å². The van der Waals surface area contributed by atoms with Crippen LogP contribution in [0.3, 0.4) is 0 Å². The Bertz CT molecular complexity index is 1560. The number of aryl methyl sites for hydroxylation is 2. The van der Waals surface area contributed by atoms with Crippen molar-refractivity contribution in [3.8, 4) is 23.2 Å². The molecular weight excluding hydrogens is 532 g/mol. The maximum atomic E-state index is 13.1. The smallest absolute Gasteiger partial charge is 0.413 e. The van der Waals surface area contributed by atoms with Gasteiger partial charge in [-0.15, -0.1) is 0 Å². The molecule has 1 aromatic carbocycles. The number of nitrogens with zero attached hydrogens (tertiary/aromatic N) is 4. The van der Waals surface area contributed by atoms with Gasteiger partial charge in [0.15, 0.2) is 17.1 Å². The first-order valence-corrected chi connectivity index (χ1v) is 13.1. The van der Waals surface area contributed by atoms with E-state index in [9.17, 15) is 9.59 Å². The molecule has 0 N–H and O–H groups in total. The molecule has 0 radical (unpaired) electrons. The number of hydrogen-bond donors (Lipinski definition) is 0. The first-order chi connectivity index (χ1) is 19.3. The molecule has 4 aromatic rings. The lowest BCUT2D eigenvalue weighted by Gasteiger charge is -2.34. The molecule has 12 nitrogen and oxygen atoms in total. The van der Waals surface area contributed by atoms with E-state index in [2.05, 4.69) is 15.0 Å². The Hall–Kier alpha value is -4.45. The highest BCUT2D eigenvalue weighted by Gasteiger charge is 2.48. The molecule has 12 heteroatoms. The van der Waals surface area contributed by atoms with Crippen LogP contribution in [0.1, 0.15) is 74.1 Å². The minimum Gasteiger partial charge on any atom is -0.456 e. The SMILES string of the molecule is Cc1oc(-c2nc([C@@H]3COC(C)(C)N3C(=O)OC(C)(C)C)oc2C)nc1-c1nc(C(=O)OCc2ccccc2)co1. The zero-order valence-electron chi connectivity index (χ0n) is 24.0. The maximum Gasteiger partial charge on any atom is 0.413 e. The zero-order valence-corrected chi connectivity index (χ0v) is 24.0. The molecule has 216 valence electrons. The van der Waals surface area contributed by atoms with Gasteiger partial charge >= 0.3 is 12.1 Å². The first kappa shape index (κ1) is 28.1. The van der Waals surface area contributed by atoms with Crippen molar-refractivity contribution in [2.45, 2.75) is 72.4 Å². The average Bonchev–Trinajstić information content (AvgIpc) is 3.67. The third-order valence-electron chi connectivity index (χ3n) is 6.30. The molecule has 0 saturated carbocycles. The fourth-order valence-electron chi connectivity index (χ4n) is 4.37. The van der Waals surface area contributed by atoms with Crippen molar-refractivity contribution in [3.63, 3.8) is 0 Å². The molecular formula is C29H32N4O8. The number of carbonyl (C=O) groups excluding carboxylic acids is 2. The van der Waals surface area contributed by atoms with Crippen molar-refractivity contribution >= 4 is 12.1 Å². The van der Waals surface area contributed by atoms with Crippen molar-refractivity contribution in [3.05, 3.63) is 65.3 Å². The Morgan fingerprint density at radius 3 is 2.39 bits per heavy atom. The second-order valence-electron chi connectivity index (χ2n) is 11.1. The van der Waals surface area contributed by atoms with Gasteiger partial charge in [-0.1, -0.05) is 30.3 Å². The average molecular weight is 565 g/mol. The number of aromatic nitrogens is 3. The van der Waals surface area contributed by atoms with Crippen molar-refractivity contribution in [1.29, 1.82) is 0 Å². The summed E-state index contributed by atoms with van der Waals surface area (Å²) in [5.41, 5.74) is -0.129. The number of hydrogen-bond acceptors (Lipinski definition) is 11. The Labute approximate surface area is 236 Å². The number of carbonyl (C=O) groups is 2. The van der Waals surface area contributed by atoms with Crippen LogP contribution in [-0.2, 0) is 20.8 Å². The van der Waals surface area contributed by atoms with E-state index in [1.54, 1.807) is 48.5 Å². The molecule has 41 heavy (non-hydrogen) atoms. The molecule has 0 bridgehead atoms. The lowest BCUT2D eigenvalue weighted by Crippen LogP contribution is -2.47. The van der Waals surface area contributed by atoms with E-state index >= 15 is 0 Å². The number of benzene rings is 1. The van der Waals surface area contributed by atoms with Crippen molar-refractivity contribution in [2.75, 3.05) is 6.61 Å². The van der Waals surface area contributed by atoms with Crippen LogP contribution in [0.4, 0.5) is 4.79 Å². The minimum absolute atomic E-state index is 0.00543. The summed E-state index contributed by atoms with van der Waals surface area (Å²) < 4.78 is 34.2. The van der Waals surface area contributed by atoms with Gasteiger partial charge in [-0.05, 0) is 54.0 Å². The molecule has 1 aliphatic rings. The third-order valence-corrected chi connectivity index (χ3v) is 6.30. The van der Waals surface area contributed by atoms with Crippen LogP contribution in [0.25, 0.3) is 23.2 Å². The number of ether oxygens (including phenoxy) is 3. The van der Waals surface area contributed by atoms with Gasteiger partial charge in [0.25, 0.3) is 0 Å². The molecule has 1 saturated heterocycles. The largest absolute Gasteiger partial charge is 0.456 e. The van der Waals surface area contributed by atoms with Crippen molar-refractivity contribution < 1.29 is 37.1 Å². The lowest BCUT2D eigenvalue weighted by molar-refractivity contribution is -0.0634. The number of esters is 1. The van der Waals surface area contributed by atoms with E-state index in [4.69, 9.17) is 27.5 Å². The third kappa shape index (κ3) is 5.87. The summed E-state index contributed by atoms with van der Waals surface area (Å²) in [6, 6.07) is 8.69. The molecule has 1 atom stereocenters. The maximum absolute atomic E-state index is 13.1. The summed E-state index contributed by atoms with van der Waals surface area (Å²) in [6.45, 7) is 12.6. The monoisotopic (exact) mass is 564 g/mol. The van der Waals surface area contributed by atoms with Crippen LogP contribution in [0, 0.1) is 13.8 Å². The Morgan fingerprint density at radius 2 is 1.68 bits per heavy atom. The summed E-state index contributed by atoms with van der Waals surface area (Å²) in [5, 5.41) is 0. The second kappa shape index (κ2) is 10.5. The standard InChI is InChI=1S/C29H32N4O8/c1-16-21(24-30-19(14-36-24)26(34)37-13-18-11-9-8-10-12-18)32-25(40-16)22-17(2)39-23(31-22)20-15-38-29(6,7)33(20)27(35)41-28(3,4)5/h8-12,14,20H,13,15H2,1-7H3/t20-/m0/s1. The van der Waals surface area contributed by atoms with Gasteiger partial charge in [-0.2, -0.15) is 0 Å². The number of oxazole rings is 3. The molecule has 4 heterocycles. The van der Waals surface area contributed by atoms with E-state index in [1.165, 1.54) is 11.2 Å². The lowest BCUT2D eigenvalue weighted by atomic mass is 10.2. The van der Waals surface area contributed by atoms with Gasteiger partial charge < -0.3 is 27.5 Å². The highest BCUT2D eigenvalue weighted by atomic mass is 16.6. The van der Waals surface area contributed by atoms with E-state index < -0.39 is 29.4 Å². The predicted molar refractivity (Wildman–Crippen MR) is 143 cm³/mol. The van der Waals surface area contributed by atoms with Gasteiger partial charge in [-0.3, -0.25) is 4.90 Å². The normalized spacial score (nSPS) is 16.7. The molecule has 1 amide bonds. The molecule has 3 aromatic heterocycles. The Kier molecular flexibility index (Phi) is 7.20. The second-order valence-corrected chi connectivity index (χ2v) is 11.1. The fourth-order valence-corrected chi connectivity index (χ4v) is 4.37. The molecule has 1 fully saturated rings. The van der Waals surface area contributed by atoms with Gasteiger partial charge in [0.2, 0.25) is 17.7 Å². The van der Waals surface area contributed by atoms with E-state index in [1.807, 2.05) is 30.3 Å². The summed E-state index contributed by atoms with van der Waals surface area (Å²) >= 11 is 0. The first-order valence-electron chi connectivity index (χ1n) is 13.1. The molecule has 5 rings (SSSR count). The van der Waals surface area contributed by atoms with Crippen LogP contribution in [0.5, 0.6) is 0 Å². The topological polar surface area (TPSA) is 143 Å². The summed E-state index contributed by atoms with van der Waals surface area (Å²) in [5.74, 6) is 0.713. The Morgan fingerprint density at radius 1 is 1.00 bits per heavy atom. The quantitative estimate of drug-likeness (QED) is 0.254.